The number of aromatic nitrogens is 2. The minimum absolute atomic E-state index is 0.227. The second-order valence-electron chi connectivity index (χ2n) is 5.58. The number of allylic oxidation sites excluding steroid dienone is 1. The van der Waals surface area contributed by atoms with Gasteiger partial charge in [0, 0.05) is 24.4 Å². The first-order valence-electron chi connectivity index (χ1n) is 8.08. The highest BCUT2D eigenvalue weighted by Crippen LogP contribution is 2.26. The smallest absolute Gasteiger partial charge is 0.277 e. The quantitative estimate of drug-likeness (QED) is 0.511. The predicted octanol–water partition coefficient (Wildman–Crippen LogP) is 3.83. The second kappa shape index (κ2) is 8.64. The molecule has 8 heteroatoms. The molecule has 136 valence electrons. The van der Waals surface area contributed by atoms with Gasteiger partial charge in [0.1, 0.15) is 0 Å². The third-order valence-corrected chi connectivity index (χ3v) is 6.32. The lowest BCUT2D eigenvalue weighted by Crippen LogP contribution is -2.30. The summed E-state index contributed by atoms with van der Waals surface area (Å²) >= 11 is 1.44. The highest BCUT2D eigenvalue weighted by molar-refractivity contribution is 7.99. The third kappa shape index (κ3) is 4.93. The maximum Gasteiger partial charge on any atom is 0.277 e. The molecule has 0 unspecified atom stereocenters. The van der Waals surface area contributed by atoms with Crippen molar-refractivity contribution in [3.8, 4) is 11.5 Å². The highest BCUT2D eigenvalue weighted by atomic mass is 32.2. The Morgan fingerprint density at radius 1 is 1.24 bits per heavy atom. The zero-order chi connectivity index (χ0) is 18.4. The van der Waals surface area contributed by atoms with E-state index in [1.54, 1.807) is 24.3 Å². The van der Waals surface area contributed by atoms with Crippen LogP contribution in [-0.2, 0) is 10.0 Å². The van der Waals surface area contributed by atoms with Crippen molar-refractivity contribution in [1.82, 2.24) is 14.5 Å². The molecule has 0 saturated carbocycles. The number of hydrogen-bond donors (Lipinski definition) is 0. The van der Waals surface area contributed by atoms with Crippen LogP contribution in [0.4, 0.5) is 0 Å². The lowest BCUT2D eigenvalue weighted by molar-refractivity contribution is 0.445. The fraction of sp³-hybridized carbons (Fsp3) is 0.412. The molecule has 0 atom stereocenters. The number of benzene rings is 1. The van der Waals surface area contributed by atoms with E-state index in [1.807, 2.05) is 27.7 Å². The first-order valence-corrected chi connectivity index (χ1v) is 10.5. The molecule has 0 spiro atoms. The van der Waals surface area contributed by atoms with E-state index in [0.717, 1.165) is 5.75 Å². The summed E-state index contributed by atoms with van der Waals surface area (Å²) < 4.78 is 32.3. The summed E-state index contributed by atoms with van der Waals surface area (Å²) in [4.78, 5) is 0.227. The molecule has 0 saturated heterocycles. The van der Waals surface area contributed by atoms with Gasteiger partial charge in [-0.25, -0.2) is 8.42 Å². The Labute approximate surface area is 153 Å². The van der Waals surface area contributed by atoms with Gasteiger partial charge in [-0.15, -0.1) is 10.2 Å². The van der Waals surface area contributed by atoms with E-state index in [0.29, 0.717) is 29.8 Å². The molecule has 2 aromatic rings. The molecule has 0 bridgehead atoms. The molecule has 0 amide bonds. The van der Waals surface area contributed by atoms with Crippen molar-refractivity contribution in [3.05, 3.63) is 35.9 Å². The molecule has 0 aliphatic rings. The van der Waals surface area contributed by atoms with Crippen LogP contribution in [0.1, 0.15) is 27.7 Å². The second-order valence-corrected chi connectivity index (χ2v) is 8.49. The highest BCUT2D eigenvalue weighted by Gasteiger charge is 2.22. The Morgan fingerprint density at radius 3 is 2.60 bits per heavy atom. The van der Waals surface area contributed by atoms with Crippen LogP contribution in [0.3, 0.4) is 0 Å². The molecular weight excluding hydrogens is 358 g/mol. The van der Waals surface area contributed by atoms with Crippen LogP contribution in [0.25, 0.3) is 11.5 Å². The SMILES string of the molecule is CCN(CC)S(=O)(=O)c1cccc(-c2nnc(SCC=C(C)C)o2)c1. The fourth-order valence-corrected chi connectivity index (χ4v) is 4.47. The summed E-state index contributed by atoms with van der Waals surface area (Å²) in [6, 6.07) is 6.61. The Hall–Kier alpha value is -1.64. The van der Waals surface area contributed by atoms with Crippen LogP contribution in [0, 0.1) is 0 Å². The standard InChI is InChI=1S/C17H23N3O3S2/c1-5-20(6-2)25(21,22)15-9-7-8-14(12-15)16-18-19-17(23-16)24-11-10-13(3)4/h7-10,12H,5-6,11H2,1-4H3. The average Bonchev–Trinajstić information content (AvgIpc) is 3.04. The number of rotatable bonds is 8. The largest absolute Gasteiger partial charge is 0.411 e. The molecule has 6 nitrogen and oxygen atoms in total. The van der Waals surface area contributed by atoms with E-state index in [9.17, 15) is 8.42 Å². The first kappa shape index (κ1) is 19.7. The molecule has 1 aromatic carbocycles. The van der Waals surface area contributed by atoms with E-state index in [4.69, 9.17) is 4.42 Å². The van der Waals surface area contributed by atoms with Crippen molar-refractivity contribution >= 4 is 21.8 Å². The summed E-state index contributed by atoms with van der Waals surface area (Å²) in [7, 11) is -3.52. The van der Waals surface area contributed by atoms with Crippen LogP contribution in [0.5, 0.6) is 0 Å². The monoisotopic (exact) mass is 381 g/mol. The lowest BCUT2D eigenvalue weighted by Gasteiger charge is -2.18. The summed E-state index contributed by atoms with van der Waals surface area (Å²) in [5, 5.41) is 8.49. The lowest BCUT2D eigenvalue weighted by atomic mass is 10.2. The van der Waals surface area contributed by atoms with Crippen molar-refractivity contribution in [2.75, 3.05) is 18.8 Å². The van der Waals surface area contributed by atoms with Crippen LogP contribution < -0.4 is 0 Å². The van der Waals surface area contributed by atoms with E-state index < -0.39 is 10.0 Å². The molecule has 0 N–H and O–H groups in total. The Kier molecular flexibility index (Phi) is 6.80. The van der Waals surface area contributed by atoms with Gasteiger partial charge in [0.05, 0.1) is 4.90 Å². The number of hydrogen-bond acceptors (Lipinski definition) is 6. The molecule has 0 aliphatic heterocycles. The predicted molar refractivity (Wildman–Crippen MR) is 100.0 cm³/mol. The minimum atomic E-state index is -3.52. The fourth-order valence-electron chi connectivity index (χ4n) is 2.17. The Bertz CT molecular complexity index is 836. The maximum atomic E-state index is 12.6. The van der Waals surface area contributed by atoms with Gasteiger partial charge < -0.3 is 4.42 Å². The van der Waals surface area contributed by atoms with Gasteiger partial charge in [0.25, 0.3) is 5.22 Å². The summed E-state index contributed by atoms with van der Waals surface area (Å²) in [5.41, 5.74) is 1.82. The van der Waals surface area contributed by atoms with Crippen LogP contribution in [0.2, 0.25) is 0 Å². The average molecular weight is 382 g/mol. The van der Waals surface area contributed by atoms with Crippen molar-refractivity contribution in [1.29, 1.82) is 0 Å². The van der Waals surface area contributed by atoms with Gasteiger partial charge in [0.15, 0.2) is 0 Å². The van der Waals surface area contributed by atoms with Crippen LogP contribution in [0.15, 0.2) is 50.4 Å². The molecule has 2 rings (SSSR count). The zero-order valence-corrected chi connectivity index (χ0v) is 16.5. The van der Waals surface area contributed by atoms with E-state index >= 15 is 0 Å². The van der Waals surface area contributed by atoms with Crippen molar-refractivity contribution in [3.63, 3.8) is 0 Å². The van der Waals surface area contributed by atoms with E-state index in [2.05, 4.69) is 16.3 Å². The number of thioether (sulfide) groups is 1. The summed E-state index contributed by atoms with van der Waals surface area (Å²) in [6.07, 6.45) is 2.08. The Morgan fingerprint density at radius 2 is 1.96 bits per heavy atom. The molecule has 25 heavy (non-hydrogen) atoms. The van der Waals surface area contributed by atoms with Gasteiger partial charge in [-0.05, 0) is 32.0 Å². The zero-order valence-electron chi connectivity index (χ0n) is 14.9. The van der Waals surface area contributed by atoms with Gasteiger partial charge in [-0.1, -0.05) is 43.3 Å². The molecule has 0 fully saturated rings. The molecule has 1 heterocycles. The van der Waals surface area contributed by atoms with Gasteiger partial charge >= 0.3 is 0 Å². The topological polar surface area (TPSA) is 76.3 Å². The summed E-state index contributed by atoms with van der Waals surface area (Å²) in [6.45, 7) is 8.55. The van der Waals surface area contributed by atoms with E-state index in [-0.39, 0.29) is 4.90 Å². The minimum Gasteiger partial charge on any atom is -0.411 e. The van der Waals surface area contributed by atoms with E-state index in [1.165, 1.54) is 21.6 Å². The molecule has 1 aromatic heterocycles. The summed E-state index contributed by atoms with van der Waals surface area (Å²) in [5.74, 6) is 1.07. The van der Waals surface area contributed by atoms with Gasteiger partial charge in [0.2, 0.25) is 15.9 Å². The first-order chi connectivity index (χ1) is 11.9. The molecular formula is C17H23N3O3S2. The van der Waals surface area contributed by atoms with Crippen LogP contribution >= 0.6 is 11.8 Å². The van der Waals surface area contributed by atoms with Crippen molar-refractivity contribution < 1.29 is 12.8 Å². The van der Waals surface area contributed by atoms with Crippen molar-refractivity contribution in [2.45, 2.75) is 37.8 Å². The molecule has 0 aliphatic carbocycles. The third-order valence-electron chi connectivity index (χ3n) is 3.53. The number of sulfonamides is 1. The number of nitrogens with zero attached hydrogens (tertiary/aromatic N) is 3. The van der Waals surface area contributed by atoms with Crippen LogP contribution in [-0.4, -0.2) is 41.8 Å². The van der Waals surface area contributed by atoms with Gasteiger partial charge in [-0.2, -0.15) is 4.31 Å². The Balaban J connectivity index is 2.25. The molecule has 0 radical (unpaired) electrons. The maximum absolute atomic E-state index is 12.6. The van der Waals surface area contributed by atoms with Gasteiger partial charge in [-0.3, -0.25) is 0 Å². The van der Waals surface area contributed by atoms with Crippen molar-refractivity contribution in [2.24, 2.45) is 0 Å². The normalized spacial score (nSPS) is 11.7.